The number of ether oxygens (including phenoxy) is 1. The third kappa shape index (κ3) is 6.16. The molecule has 0 aromatic heterocycles. The van der Waals surface area contributed by atoms with Crippen molar-refractivity contribution in [1.29, 1.82) is 0 Å². The normalized spacial score (nSPS) is 16.0. The van der Waals surface area contributed by atoms with Crippen LogP contribution in [0.1, 0.15) is 5.56 Å². The van der Waals surface area contributed by atoms with Crippen molar-refractivity contribution < 1.29 is 9.13 Å². The highest BCUT2D eigenvalue weighted by molar-refractivity contribution is 7.80. The van der Waals surface area contributed by atoms with Gasteiger partial charge < -0.3 is 10.1 Å². The summed E-state index contributed by atoms with van der Waals surface area (Å²) < 4.78 is 18.0. The maximum atomic E-state index is 12.7. The largest absolute Gasteiger partial charge is 0.379 e. The van der Waals surface area contributed by atoms with Crippen molar-refractivity contribution in [3.63, 3.8) is 0 Å². The second-order valence-electron chi connectivity index (χ2n) is 4.63. The van der Waals surface area contributed by atoms with Crippen LogP contribution in [0.4, 0.5) is 4.39 Å². The maximum absolute atomic E-state index is 12.7. The molecule has 1 saturated heterocycles. The second-order valence-corrected chi connectivity index (χ2v) is 5.04. The number of nitrogens with one attached hydrogen (secondary N) is 2. The Labute approximate surface area is 129 Å². The van der Waals surface area contributed by atoms with Crippen LogP contribution in [-0.2, 0) is 4.74 Å². The van der Waals surface area contributed by atoms with Gasteiger partial charge in [0.05, 0.1) is 19.4 Å². The van der Waals surface area contributed by atoms with Crippen molar-refractivity contribution in [2.75, 3.05) is 39.4 Å². The van der Waals surface area contributed by atoms with E-state index in [9.17, 15) is 4.39 Å². The lowest BCUT2D eigenvalue weighted by molar-refractivity contribution is 0.0389. The van der Waals surface area contributed by atoms with E-state index in [0.29, 0.717) is 5.11 Å². The number of nitrogens with zero attached hydrogens (tertiary/aromatic N) is 2. The van der Waals surface area contributed by atoms with Gasteiger partial charge in [-0.1, -0.05) is 12.1 Å². The SMILES string of the molecule is Fc1ccc(/C=N/NC(=S)NCCN2CCOCC2)cc1. The fourth-order valence-corrected chi connectivity index (χ4v) is 2.06. The van der Waals surface area contributed by atoms with Gasteiger partial charge in [0.2, 0.25) is 0 Å². The molecule has 1 aromatic carbocycles. The lowest BCUT2D eigenvalue weighted by Gasteiger charge is -2.26. The van der Waals surface area contributed by atoms with Crippen molar-refractivity contribution in [3.8, 4) is 0 Å². The van der Waals surface area contributed by atoms with Crippen molar-refractivity contribution in [1.82, 2.24) is 15.6 Å². The van der Waals surface area contributed by atoms with Gasteiger partial charge in [-0.2, -0.15) is 5.10 Å². The summed E-state index contributed by atoms with van der Waals surface area (Å²) in [6, 6.07) is 6.07. The van der Waals surface area contributed by atoms with E-state index in [4.69, 9.17) is 17.0 Å². The summed E-state index contributed by atoms with van der Waals surface area (Å²) in [7, 11) is 0. The molecule has 1 aromatic rings. The molecule has 0 unspecified atom stereocenters. The molecular formula is C14H19FN4OS. The Morgan fingerprint density at radius 3 is 2.76 bits per heavy atom. The van der Waals surface area contributed by atoms with E-state index in [1.54, 1.807) is 18.3 Å². The van der Waals surface area contributed by atoms with Crippen LogP contribution in [0.5, 0.6) is 0 Å². The number of rotatable bonds is 5. The Morgan fingerprint density at radius 2 is 2.05 bits per heavy atom. The zero-order valence-electron chi connectivity index (χ0n) is 11.7. The van der Waals surface area contributed by atoms with Crippen LogP contribution in [0.25, 0.3) is 0 Å². The Balaban J connectivity index is 1.61. The summed E-state index contributed by atoms with van der Waals surface area (Å²) in [4.78, 5) is 2.32. The van der Waals surface area contributed by atoms with Crippen LogP contribution in [0.3, 0.4) is 0 Å². The van der Waals surface area contributed by atoms with Crippen LogP contribution < -0.4 is 10.7 Å². The van der Waals surface area contributed by atoms with Crippen molar-refractivity contribution in [2.45, 2.75) is 0 Å². The van der Waals surface area contributed by atoms with Crippen LogP contribution in [0, 0.1) is 5.82 Å². The average Bonchev–Trinajstić information content (AvgIpc) is 2.50. The van der Waals surface area contributed by atoms with E-state index < -0.39 is 0 Å². The van der Waals surface area contributed by atoms with E-state index >= 15 is 0 Å². The molecule has 7 heteroatoms. The first-order chi connectivity index (χ1) is 10.2. The predicted octanol–water partition coefficient (Wildman–Crippen LogP) is 0.956. The highest BCUT2D eigenvalue weighted by Crippen LogP contribution is 1.99. The maximum Gasteiger partial charge on any atom is 0.187 e. The van der Waals surface area contributed by atoms with E-state index in [2.05, 4.69) is 20.7 Å². The Hall–Kier alpha value is -1.57. The smallest absolute Gasteiger partial charge is 0.187 e. The first-order valence-electron chi connectivity index (χ1n) is 6.86. The quantitative estimate of drug-likeness (QED) is 0.482. The molecule has 0 atom stereocenters. The van der Waals surface area contributed by atoms with Gasteiger partial charge in [0.25, 0.3) is 0 Å². The number of benzene rings is 1. The lowest BCUT2D eigenvalue weighted by atomic mass is 10.2. The molecule has 5 nitrogen and oxygen atoms in total. The lowest BCUT2D eigenvalue weighted by Crippen LogP contribution is -2.42. The molecule has 1 fully saturated rings. The minimum atomic E-state index is -0.264. The standard InChI is InChI=1S/C14H19FN4OS/c15-13-3-1-12(2-4-13)11-17-18-14(21)16-5-6-19-7-9-20-10-8-19/h1-4,11H,5-10H2,(H2,16,18,21)/b17-11+. The topological polar surface area (TPSA) is 48.9 Å². The molecule has 1 heterocycles. The van der Waals surface area contributed by atoms with Gasteiger partial charge >= 0.3 is 0 Å². The number of hydrogen-bond donors (Lipinski definition) is 2. The highest BCUT2D eigenvalue weighted by atomic mass is 32.1. The Morgan fingerprint density at radius 1 is 1.33 bits per heavy atom. The van der Waals surface area contributed by atoms with Crippen LogP contribution in [0.15, 0.2) is 29.4 Å². The molecule has 1 aliphatic heterocycles. The van der Waals surface area contributed by atoms with Crippen molar-refractivity contribution >= 4 is 23.5 Å². The van der Waals surface area contributed by atoms with Gasteiger partial charge in [-0.3, -0.25) is 10.3 Å². The number of hydrogen-bond acceptors (Lipinski definition) is 4. The molecule has 0 radical (unpaired) electrons. The first kappa shape index (κ1) is 15.8. The minimum absolute atomic E-state index is 0.264. The van der Waals surface area contributed by atoms with Crippen LogP contribution in [0.2, 0.25) is 0 Å². The monoisotopic (exact) mass is 310 g/mol. The predicted molar refractivity (Wildman–Crippen MR) is 85.0 cm³/mol. The van der Waals surface area contributed by atoms with Crippen molar-refractivity contribution in [3.05, 3.63) is 35.6 Å². The molecule has 0 spiro atoms. The third-order valence-electron chi connectivity index (χ3n) is 3.07. The van der Waals surface area contributed by atoms with Gasteiger partial charge in [0.1, 0.15) is 5.82 Å². The molecule has 114 valence electrons. The molecule has 0 bridgehead atoms. The Bertz CT molecular complexity index is 474. The summed E-state index contributed by atoms with van der Waals surface area (Å²) in [5.74, 6) is -0.264. The summed E-state index contributed by atoms with van der Waals surface area (Å²) >= 11 is 5.12. The number of thiocarbonyl (C=S) groups is 1. The number of hydrazone groups is 1. The van der Waals surface area contributed by atoms with E-state index in [1.165, 1.54) is 12.1 Å². The van der Waals surface area contributed by atoms with Crippen LogP contribution >= 0.6 is 12.2 Å². The number of morpholine rings is 1. The van der Waals surface area contributed by atoms with Gasteiger partial charge in [-0.15, -0.1) is 0 Å². The second kappa shape index (κ2) is 8.66. The number of halogens is 1. The van der Waals surface area contributed by atoms with E-state index in [-0.39, 0.29) is 5.82 Å². The van der Waals surface area contributed by atoms with Gasteiger partial charge in [0.15, 0.2) is 5.11 Å². The molecule has 2 rings (SSSR count). The molecule has 1 aliphatic rings. The third-order valence-corrected chi connectivity index (χ3v) is 3.30. The average molecular weight is 310 g/mol. The van der Waals surface area contributed by atoms with E-state index in [1.807, 2.05) is 0 Å². The molecule has 0 amide bonds. The molecule has 0 aliphatic carbocycles. The fourth-order valence-electron chi connectivity index (χ4n) is 1.91. The van der Waals surface area contributed by atoms with Crippen molar-refractivity contribution in [2.24, 2.45) is 5.10 Å². The van der Waals surface area contributed by atoms with Crippen LogP contribution in [-0.4, -0.2) is 55.6 Å². The molecule has 21 heavy (non-hydrogen) atoms. The zero-order chi connectivity index (χ0) is 14.9. The van der Waals surface area contributed by atoms with Gasteiger partial charge in [-0.05, 0) is 29.9 Å². The molecule has 0 saturated carbocycles. The molecule has 2 N–H and O–H groups in total. The zero-order valence-corrected chi connectivity index (χ0v) is 12.5. The van der Waals surface area contributed by atoms with Gasteiger partial charge in [0, 0.05) is 26.2 Å². The fraction of sp³-hybridized carbons (Fsp3) is 0.429. The Kier molecular flexibility index (Phi) is 6.52. The highest BCUT2D eigenvalue weighted by Gasteiger charge is 2.09. The van der Waals surface area contributed by atoms with Gasteiger partial charge in [-0.25, -0.2) is 4.39 Å². The minimum Gasteiger partial charge on any atom is -0.379 e. The molecular weight excluding hydrogens is 291 g/mol. The first-order valence-corrected chi connectivity index (χ1v) is 7.27. The summed E-state index contributed by atoms with van der Waals surface area (Å²) in [6.07, 6.45) is 1.59. The summed E-state index contributed by atoms with van der Waals surface area (Å²) in [6.45, 7) is 5.20. The van der Waals surface area contributed by atoms with E-state index in [0.717, 1.165) is 45.0 Å². The summed E-state index contributed by atoms with van der Waals surface area (Å²) in [5, 5.41) is 7.57. The summed E-state index contributed by atoms with van der Waals surface area (Å²) in [5.41, 5.74) is 3.54.